The number of benzene rings is 1. The standard InChI is InChI=1S/C15H23IN3O2P/c16-22-20-11-12(17)10-19(18)13-6-8-15(9-7-13)21-14-4-2-1-3-5-14/h6-10,14,22H,1-5,11,17-18H2/b12-10-. The fraction of sp³-hybridized carbons (Fsp3) is 0.467. The van der Waals surface area contributed by atoms with Crippen LogP contribution in [0, 0.1) is 0 Å². The first-order valence-electron chi connectivity index (χ1n) is 7.43. The molecule has 22 heavy (non-hydrogen) atoms. The number of hydrazine groups is 1. The monoisotopic (exact) mass is 435 g/mol. The molecule has 4 N–H and O–H groups in total. The Hall–Kier alpha value is -0.560. The molecule has 2 rings (SSSR count). The Kier molecular flexibility index (Phi) is 7.72. The number of halogens is 1. The average molecular weight is 435 g/mol. The summed E-state index contributed by atoms with van der Waals surface area (Å²) in [5, 5.41) is 1.50. The van der Waals surface area contributed by atoms with Gasteiger partial charge in [-0.1, -0.05) is 6.42 Å². The van der Waals surface area contributed by atoms with E-state index in [2.05, 4.69) is 22.0 Å². The van der Waals surface area contributed by atoms with E-state index < -0.39 is 0 Å². The Balaban J connectivity index is 1.90. The van der Waals surface area contributed by atoms with Crippen LogP contribution in [0.25, 0.3) is 0 Å². The van der Waals surface area contributed by atoms with Crippen LogP contribution in [0.15, 0.2) is 36.2 Å². The SMILES string of the molecule is N/C(=C\N(N)c1ccc(OC2CCCCC2)cc1)COPI. The van der Waals surface area contributed by atoms with Gasteiger partial charge >= 0.3 is 0 Å². The van der Waals surface area contributed by atoms with Crippen molar-refractivity contribution >= 4 is 34.2 Å². The fourth-order valence-electron chi connectivity index (χ4n) is 2.47. The van der Waals surface area contributed by atoms with Gasteiger partial charge in [0, 0.05) is 6.20 Å². The Morgan fingerprint density at radius 1 is 1.27 bits per heavy atom. The van der Waals surface area contributed by atoms with Crippen LogP contribution in [0.1, 0.15) is 32.1 Å². The van der Waals surface area contributed by atoms with E-state index in [0.717, 1.165) is 24.3 Å². The van der Waals surface area contributed by atoms with Gasteiger partial charge in [-0.3, -0.25) is 5.01 Å². The summed E-state index contributed by atoms with van der Waals surface area (Å²) in [6, 6.07) is 7.78. The van der Waals surface area contributed by atoms with E-state index in [-0.39, 0.29) is 0 Å². The van der Waals surface area contributed by atoms with Gasteiger partial charge in [-0.2, -0.15) is 0 Å². The predicted octanol–water partition coefficient (Wildman–Crippen LogP) is 3.84. The zero-order valence-electron chi connectivity index (χ0n) is 12.5. The van der Waals surface area contributed by atoms with Gasteiger partial charge in [-0.05, 0) is 72.0 Å². The van der Waals surface area contributed by atoms with Crippen molar-refractivity contribution < 1.29 is 9.26 Å². The molecule has 0 radical (unpaired) electrons. The highest BCUT2D eigenvalue weighted by Gasteiger charge is 2.14. The van der Waals surface area contributed by atoms with Gasteiger partial charge in [0.2, 0.25) is 0 Å². The Morgan fingerprint density at radius 3 is 2.59 bits per heavy atom. The van der Waals surface area contributed by atoms with Crippen LogP contribution in [0.2, 0.25) is 0 Å². The molecule has 0 aromatic heterocycles. The van der Waals surface area contributed by atoms with E-state index in [4.69, 9.17) is 20.8 Å². The summed E-state index contributed by atoms with van der Waals surface area (Å²) in [6.07, 6.45) is 8.20. The Bertz CT molecular complexity index is 478. The molecule has 1 aliphatic carbocycles. The van der Waals surface area contributed by atoms with Crippen molar-refractivity contribution in [2.45, 2.75) is 38.2 Å². The highest BCUT2D eigenvalue weighted by Crippen LogP contribution is 2.25. The van der Waals surface area contributed by atoms with Gasteiger partial charge in [-0.25, -0.2) is 5.84 Å². The molecule has 0 aliphatic heterocycles. The maximum atomic E-state index is 6.00. The molecular weight excluding hydrogens is 412 g/mol. The largest absolute Gasteiger partial charge is 0.490 e. The van der Waals surface area contributed by atoms with E-state index in [9.17, 15) is 0 Å². The maximum absolute atomic E-state index is 6.00. The third-order valence-electron chi connectivity index (χ3n) is 3.59. The zero-order valence-corrected chi connectivity index (χ0v) is 15.7. The molecule has 0 heterocycles. The van der Waals surface area contributed by atoms with E-state index in [1.54, 1.807) is 6.20 Å². The maximum Gasteiger partial charge on any atom is 0.119 e. The van der Waals surface area contributed by atoms with Crippen LogP contribution in [0.5, 0.6) is 5.75 Å². The van der Waals surface area contributed by atoms with E-state index >= 15 is 0 Å². The van der Waals surface area contributed by atoms with Crippen LogP contribution in [0.4, 0.5) is 5.69 Å². The first-order chi connectivity index (χ1) is 10.7. The normalized spacial score (nSPS) is 17.1. The fourth-order valence-corrected chi connectivity index (χ4v) is 3.16. The smallest absolute Gasteiger partial charge is 0.119 e. The molecule has 122 valence electrons. The third kappa shape index (κ3) is 5.91. The number of ether oxygens (including phenoxy) is 1. The summed E-state index contributed by atoms with van der Waals surface area (Å²) in [5.41, 5.74) is 7.29. The van der Waals surface area contributed by atoms with Crippen molar-refractivity contribution in [3.8, 4) is 5.75 Å². The van der Waals surface area contributed by atoms with Crippen LogP contribution >= 0.6 is 28.5 Å². The van der Waals surface area contributed by atoms with Crippen LogP contribution in [-0.4, -0.2) is 12.7 Å². The summed E-state index contributed by atoms with van der Waals surface area (Å²) in [5.74, 6) is 6.88. The number of hydrogen-bond donors (Lipinski definition) is 2. The Morgan fingerprint density at radius 2 is 1.95 bits per heavy atom. The lowest BCUT2D eigenvalue weighted by Crippen LogP contribution is -2.26. The number of hydrogen-bond acceptors (Lipinski definition) is 5. The van der Waals surface area contributed by atoms with Gasteiger partial charge < -0.3 is 15.0 Å². The van der Waals surface area contributed by atoms with Gasteiger partial charge in [0.15, 0.2) is 0 Å². The summed E-state index contributed by atoms with van der Waals surface area (Å²) < 4.78 is 11.3. The minimum Gasteiger partial charge on any atom is -0.490 e. The van der Waals surface area contributed by atoms with Crippen LogP contribution in [-0.2, 0) is 4.52 Å². The molecule has 1 aliphatic rings. The van der Waals surface area contributed by atoms with Gasteiger partial charge in [0.1, 0.15) is 5.75 Å². The van der Waals surface area contributed by atoms with Crippen molar-refractivity contribution in [1.29, 1.82) is 0 Å². The van der Waals surface area contributed by atoms with Gasteiger partial charge in [0.25, 0.3) is 0 Å². The number of nitrogens with two attached hydrogens (primary N) is 2. The molecule has 5 nitrogen and oxygen atoms in total. The average Bonchev–Trinajstić information content (AvgIpc) is 2.54. The molecule has 0 spiro atoms. The first kappa shape index (κ1) is 17.8. The lowest BCUT2D eigenvalue weighted by Gasteiger charge is -2.23. The van der Waals surface area contributed by atoms with Crippen molar-refractivity contribution in [1.82, 2.24) is 0 Å². The minimum absolute atomic E-state index is 0.357. The highest BCUT2D eigenvalue weighted by molar-refractivity contribution is 14.2. The van der Waals surface area contributed by atoms with Crippen molar-refractivity contribution in [3.63, 3.8) is 0 Å². The highest BCUT2D eigenvalue weighted by atomic mass is 127. The second kappa shape index (κ2) is 9.55. The molecule has 0 amide bonds. The summed E-state index contributed by atoms with van der Waals surface area (Å²) in [4.78, 5) is 0. The summed E-state index contributed by atoms with van der Waals surface area (Å²) in [7, 11) is 0. The van der Waals surface area contributed by atoms with E-state index in [1.165, 1.54) is 24.3 Å². The van der Waals surface area contributed by atoms with Crippen molar-refractivity contribution in [3.05, 3.63) is 36.2 Å². The quantitative estimate of drug-likeness (QED) is 0.295. The van der Waals surface area contributed by atoms with Gasteiger partial charge in [0.05, 0.1) is 30.5 Å². The molecule has 7 heteroatoms. The number of nitrogens with zero attached hydrogens (tertiary/aromatic N) is 1. The first-order valence-corrected chi connectivity index (χ1v) is 11.5. The molecule has 1 atom stereocenters. The molecule has 1 unspecified atom stereocenters. The molecule has 1 aromatic rings. The summed E-state index contributed by atoms with van der Waals surface area (Å²) in [6.45, 7) is 0.774. The predicted molar refractivity (Wildman–Crippen MR) is 101 cm³/mol. The molecule has 0 saturated heterocycles. The van der Waals surface area contributed by atoms with Crippen molar-refractivity contribution in [2.75, 3.05) is 11.6 Å². The molecule has 1 fully saturated rings. The summed E-state index contributed by atoms with van der Waals surface area (Å²) >= 11 is 2.16. The van der Waals surface area contributed by atoms with Crippen LogP contribution < -0.4 is 21.3 Å². The molecular formula is C15H23IN3O2P. The lowest BCUT2D eigenvalue weighted by atomic mass is 9.98. The second-order valence-electron chi connectivity index (χ2n) is 5.35. The topological polar surface area (TPSA) is 73.7 Å². The number of anilines is 1. The van der Waals surface area contributed by atoms with Gasteiger partial charge in [-0.15, -0.1) is 0 Å². The minimum atomic E-state index is 0.357. The number of rotatable bonds is 7. The molecule has 0 bridgehead atoms. The van der Waals surface area contributed by atoms with E-state index in [1.807, 2.05) is 24.3 Å². The zero-order chi connectivity index (χ0) is 15.8. The lowest BCUT2D eigenvalue weighted by molar-refractivity contribution is 0.155. The van der Waals surface area contributed by atoms with E-state index in [0.29, 0.717) is 24.9 Å². The third-order valence-corrected chi connectivity index (χ3v) is 4.78. The second-order valence-corrected chi connectivity index (χ2v) is 7.11. The molecule has 1 aromatic carbocycles. The van der Waals surface area contributed by atoms with Crippen LogP contribution in [0.3, 0.4) is 0 Å². The van der Waals surface area contributed by atoms with Crippen molar-refractivity contribution in [2.24, 2.45) is 11.6 Å². The Labute approximate surface area is 146 Å². The molecule has 1 saturated carbocycles.